The fourth-order valence-corrected chi connectivity index (χ4v) is 3.21. The van der Waals surface area contributed by atoms with Crippen LogP contribution in [0.25, 0.3) is 0 Å². The zero-order valence-corrected chi connectivity index (χ0v) is 14.7. The molecule has 0 aromatic heterocycles. The Morgan fingerprint density at radius 1 is 1.33 bits per heavy atom. The first-order valence-electron chi connectivity index (χ1n) is 7.91. The van der Waals surface area contributed by atoms with Crippen LogP contribution in [0, 0.1) is 5.92 Å². The summed E-state index contributed by atoms with van der Waals surface area (Å²) in [5.74, 6) is -1.55. The molecule has 1 N–H and O–H groups in total. The highest BCUT2D eigenvalue weighted by atomic mass is 32.2. The molecule has 0 saturated carbocycles. The molecule has 7 heteroatoms. The molecule has 1 aromatic rings. The summed E-state index contributed by atoms with van der Waals surface area (Å²) in [6.45, 7) is 2.78. The highest BCUT2D eigenvalue weighted by Gasteiger charge is 2.36. The zero-order valence-electron chi connectivity index (χ0n) is 13.9. The maximum Gasteiger partial charge on any atom is 0.305 e. The van der Waals surface area contributed by atoms with Gasteiger partial charge in [0, 0.05) is 36.6 Å². The smallest absolute Gasteiger partial charge is 0.305 e. The number of nitrogens with zero attached hydrogens (tertiary/aromatic N) is 2. The predicted molar refractivity (Wildman–Crippen MR) is 93.2 cm³/mol. The molecule has 1 aliphatic heterocycles. The molecule has 130 valence electrons. The topological polar surface area (TPSA) is 77.9 Å². The minimum Gasteiger partial charge on any atom is -0.481 e. The Labute approximate surface area is 145 Å². The van der Waals surface area contributed by atoms with Crippen LogP contribution < -0.4 is 4.90 Å². The van der Waals surface area contributed by atoms with Crippen LogP contribution in [0.5, 0.6) is 0 Å². The van der Waals surface area contributed by atoms with Crippen LogP contribution in [-0.2, 0) is 14.4 Å². The molecule has 1 fully saturated rings. The molecule has 0 aliphatic carbocycles. The van der Waals surface area contributed by atoms with Gasteiger partial charge in [-0.15, -0.1) is 11.8 Å². The van der Waals surface area contributed by atoms with Gasteiger partial charge in [0.2, 0.25) is 11.8 Å². The van der Waals surface area contributed by atoms with Gasteiger partial charge in [0.25, 0.3) is 0 Å². The van der Waals surface area contributed by atoms with E-state index >= 15 is 0 Å². The molecule has 24 heavy (non-hydrogen) atoms. The van der Waals surface area contributed by atoms with Crippen molar-refractivity contribution in [3.05, 3.63) is 24.3 Å². The van der Waals surface area contributed by atoms with Crippen molar-refractivity contribution in [3.8, 4) is 0 Å². The van der Waals surface area contributed by atoms with Gasteiger partial charge >= 0.3 is 5.97 Å². The minimum atomic E-state index is -0.931. The first kappa shape index (κ1) is 18.3. The van der Waals surface area contributed by atoms with E-state index in [0.717, 1.165) is 10.6 Å². The van der Waals surface area contributed by atoms with Gasteiger partial charge < -0.3 is 14.9 Å². The van der Waals surface area contributed by atoms with Crippen LogP contribution in [0.4, 0.5) is 5.69 Å². The predicted octanol–water partition coefficient (Wildman–Crippen LogP) is 2.08. The standard InChI is InChI=1S/C17H22N2O4S/c1-3-18(9-8-16(21)22)17(23)12-10-15(20)19(11-12)13-4-6-14(24-2)7-5-13/h4-7,12H,3,8-11H2,1-2H3,(H,21,22). The van der Waals surface area contributed by atoms with E-state index in [1.165, 1.54) is 4.90 Å². The van der Waals surface area contributed by atoms with Gasteiger partial charge in [0.15, 0.2) is 0 Å². The van der Waals surface area contributed by atoms with Crippen molar-refractivity contribution in [2.45, 2.75) is 24.7 Å². The number of hydrogen-bond acceptors (Lipinski definition) is 4. The first-order chi connectivity index (χ1) is 11.5. The molecular formula is C17H22N2O4S. The van der Waals surface area contributed by atoms with Gasteiger partial charge in [-0.25, -0.2) is 0 Å². The summed E-state index contributed by atoms with van der Waals surface area (Å²) in [7, 11) is 0. The summed E-state index contributed by atoms with van der Waals surface area (Å²) in [4.78, 5) is 39.8. The molecular weight excluding hydrogens is 328 g/mol. The van der Waals surface area contributed by atoms with E-state index in [1.807, 2.05) is 37.4 Å². The molecule has 1 atom stereocenters. The number of carboxylic acid groups (broad SMARTS) is 1. The second kappa shape index (κ2) is 8.19. The van der Waals surface area contributed by atoms with Crippen molar-refractivity contribution in [2.24, 2.45) is 5.92 Å². The third-order valence-electron chi connectivity index (χ3n) is 4.15. The lowest BCUT2D eigenvalue weighted by Crippen LogP contribution is -2.38. The third kappa shape index (κ3) is 4.29. The number of carbonyl (C=O) groups is 3. The summed E-state index contributed by atoms with van der Waals surface area (Å²) in [6, 6.07) is 7.68. The minimum absolute atomic E-state index is 0.0699. The number of carboxylic acids is 1. The Morgan fingerprint density at radius 3 is 2.54 bits per heavy atom. The van der Waals surface area contributed by atoms with E-state index in [0.29, 0.717) is 13.1 Å². The number of rotatable bonds is 7. The van der Waals surface area contributed by atoms with Gasteiger partial charge in [-0.2, -0.15) is 0 Å². The number of thioether (sulfide) groups is 1. The molecule has 6 nitrogen and oxygen atoms in total. The Hall–Kier alpha value is -2.02. The van der Waals surface area contributed by atoms with Crippen molar-refractivity contribution in [1.82, 2.24) is 4.90 Å². The highest BCUT2D eigenvalue weighted by molar-refractivity contribution is 7.98. The fraction of sp³-hybridized carbons (Fsp3) is 0.471. The lowest BCUT2D eigenvalue weighted by Gasteiger charge is -2.23. The second-order valence-electron chi connectivity index (χ2n) is 5.67. The van der Waals surface area contributed by atoms with E-state index < -0.39 is 11.9 Å². The number of carbonyl (C=O) groups excluding carboxylic acids is 2. The Morgan fingerprint density at radius 2 is 2.00 bits per heavy atom. The number of hydrogen-bond donors (Lipinski definition) is 1. The summed E-state index contributed by atoms with van der Waals surface area (Å²) < 4.78 is 0. The van der Waals surface area contributed by atoms with Gasteiger partial charge in [0.05, 0.1) is 12.3 Å². The number of aliphatic carboxylic acids is 1. The summed E-state index contributed by atoms with van der Waals surface area (Å²) in [5, 5.41) is 8.78. The van der Waals surface area contributed by atoms with Gasteiger partial charge in [-0.3, -0.25) is 14.4 Å². The Kier molecular flexibility index (Phi) is 6.25. The average molecular weight is 350 g/mol. The van der Waals surface area contributed by atoms with Crippen LogP contribution in [0.2, 0.25) is 0 Å². The lowest BCUT2D eigenvalue weighted by molar-refractivity contribution is -0.139. The van der Waals surface area contributed by atoms with Crippen molar-refractivity contribution >= 4 is 35.2 Å². The van der Waals surface area contributed by atoms with Gasteiger partial charge in [0.1, 0.15) is 0 Å². The second-order valence-corrected chi connectivity index (χ2v) is 6.54. The van der Waals surface area contributed by atoms with E-state index in [9.17, 15) is 14.4 Å². The number of benzene rings is 1. The highest BCUT2D eigenvalue weighted by Crippen LogP contribution is 2.28. The molecule has 2 amide bonds. The molecule has 0 radical (unpaired) electrons. The molecule has 1 saturated heterocycles. The summed E-state index contributed by atoms with van der Waals surface area (Å²) in [6.07, 6.45) is 2.08. The quantitative estimate of drug-likeness (QED) is 0.762. The maximum absolute atomic E-state index is 12.6. The van der Waals surface area contributed by atoms with E-state index in [1.54, 1.807) is 16.7 Å². The van der Waals surface area contributed by atoms with E-state index in [2.05, 4.69) is 0 Å². The molecule has 1 heterocycles. The molecule has 2 rings (SSSR count). The van der Waals surface area contributed by atoms with Gasteiger partial charge in [-0.05, 0) is 37.4 Å². The molecule has 1 unspecified atom stereocenters. The SMILES string of the molecule is CCN(CCC(=O)O)C(=O)C1CC(=O)N(c2ccc(SC)cc2)C1. The van der Waals surface area contributed by atoms with Crippen molar-refractivity contribution in [1.29, 1.82) is 0 Å². The maximum atomic E-state index is 12.6. The average Bonchev–Trinajstić information content (AvgIpc) is 2.97. The largest absolute Gasteiger partial charge is 0.481 e. The zero-order chi connectivity index (χ0) is 17.7. The molecule has 0 bridgehead atoms. The fourth-order valence-electron chi connectivity index (χ4n) is 2.80. The van der Waals surface area contributed by atoms with Crippen LogP contribution in [-0.4, -0.2) is 53.7 Å². The normalized spacial score (nSPS) is 17.2. The molecule has 1 aromatic carbocycles. The van der Waals surface area contributed by atoms with Crippen molar-refractivity contribution in [3.63, 3.8) is 0 Å². The van der Waals surface area contributed by atoms with Crippen LogP contribution in [0.3, 0.4) is 0 Å². The van der Waals surface area contributed by atoms with E-state index in [-0.39, 0.29) is 31.2 Å². The van der Waals surface area contributed by atoms with Crippen molar-refractivity contribution < 1.29 is 19.5 Å². The number of anilines is 1. The Bertz CT molecular complexity index is 618. The van der Waals surface area contributed by atoms with Crippen LogP contribution in [0.15, 0.2) is 29.2 Å². The van der Waals surface area contributed by atoms with Crippen LogP contribution >= 0.6 is 11.8 Å². The summed E-state index contributed by atoms with van der Waals surface area (Å²) >= 11 is 1.63. The Balaban J connectivity index is 2.04. The van der Waals surface area contributed by atoms with E-state index in [4.69, 9.17) is 5.11 Å². The first-order valence-corrected chi connectivity index (χ1v) is 9.13. The number of amides is 2. The molecule has 0 spiro atoms. The van der Waals surface area contributed by atoms with Crippen LogP contribution in [0.1, 0.15) is 19.8 Å². The van der Waals surface area contributed by atoms with Gasteiger partial charge in [-0.1, -0.05) is 0 Å². The monoisotopic (exact) mass is 350 g/mol. The molecule has 1 aliphatic rings. The summed E-state index contributed by atoms with van der Waals surface area (Å²) in [5.41, 5.74) is 0.793. The third-order valence-corrected chi connectivity index (χ3v) is 4.89. The van der Waals surface area contributed by atoms with Crippen molar-refractivity contribution in [2.75, 3.05) is 30.8 Å². The lowest BCUT2D eigenvalue weighted by atomic mass is 10.1.